The van der Waals surface area contributed by atoms with E-state index in [1.165, 1.54) is 0 Å². The second-order valence-corrected chi connectivity index (χ2v) is 6.95. The van der Waals surface area contributed by atoms with Gasteiger partial charge in [-0.3, -0.25) is 14.6 Å². The minimum absolute atomic E-state index is 0.532. The van der Waals surface area contributed by atoms with Gasteiger partial charge in [0.05, 0.1) is 13.2 Å². The van der Waals surface area contributed by atoms with Crippen molar-refractivity contribution in [3.05, 3.63) is 34.9 Å². The van der Waals surface area contributed by atoms with Gasteiger partial charge >= 0.3 is 5.97 Å². The quantitative estimate of drug-likeness (QED) is 0.916. The van der Waals surface area contributed by atoms with E-state index in [9.17, 15) is 9.90 Å². The molecule has 0 spiro atoms. The van der Waals surface area contributed by atoms with Crippen molar-refractivity contribution in [2.75, 3.05) is 39.4 Å². The number of carboxylic acids is 1. The molecule has 1 N–H and O–H groups in total. The molecule has 2 aliphatic heterocycles. The molecule has 1 unspecified atom stereocenters. The fraction of sp³-hybridized carbons (Fsp3) is 0.632. The number of ether oxygens (including phenoxy) is 1. The molecule has 1 aromatic carbocycles. The Morgan fingerprint density at radius 3 is 2.46 bits per heavy atom. The molecule has 0 amide bonds. The van der Waals surface area contributed by atoms with Crippen LogP contribution in [0.25, 0.3) is 0 Å². The number of hydrogen-bond acceptors (Lipinski definition) is 4. The van der Waals surface area contributed by atoms with Crippen LogP contribution in [-0.2, 0) is 9.53 Å². The van der Waals surface area contributed by atoms with Crippen LogP contribution in [0.1, 0.15) is 35.6 Å². The van der Waals surface area contributed by atoms with Crippen molar-refractivity contribution in [3.8, 4) is 0 Å². The maximum atomic E-state index is 12.0. The summed E-state index contributed by atoms with van der Waals surface area (Å²) >= 11 is 0. The molecule has 2 fully saturated rings. The predicted octanol–water partition coefficient (Wildman–Crippen LogP) is 2.23. The van der Waals surface area contributed by atoms with Gasteiger partial charge in [-0.1, -0.05) is 18.2 Å². The molecule has 0 saturated carbocycles. The highest BCUT2D eigenvalue weighted by Crippen LogP contribution is 2.30. The summed E-state index contributed by atoms with van der Waals surface area (Å²) in [5.74, 6) is -0.742. The van der Waals surface area contributed by atoms with E-state index < -0.39 is 12.0 Å². The Balaban J connectivity index is 1.70. The van der Waals surface area contributed by atoms with Crippen LogP contribution in [0.5, 0.6) is 0 Å². The summed E-state index contributed by atoms with van der Waals surface area (Å²) in [4.78, 5) is 16.6. The number of aliphatic carboxylic acids is 1. The zero-order chi connectivity index (χ0) is 17.1. The maximum Gasteiger partial charge on any atom is 0.325 e. The molecule has 3 rings (SSSR count). The number of aryl methyl sites for hydroxylation is 1. The molecule has 2 aliphatic rings. The van der Waals surface area contributed by atoms with E-state index in [2.05, 4.69) is 9.80 Å². The molecule has 5 heteroatoms. The summed E-state index contributed by atoms with van der Waals surface area (Å²) < 4.78 is 5.43. The molecule has 132 valence electrons. The van der Waals surface area contributed by atoms with Crippen LogP contribution >= 0.6 is 0 Å². The lowest BCUT2D eigenvalue weighted by Gasteiger charge is -2.41. The Morgan fingerprint density at radius 1 is 1.17 bits per heavy atom. The van der Waals surface area contributed by atoms with Crippen molar-refractivity contribution >= 4 is 5.97 Å². The number of piperidine rings is 1. The van der Waals surface area contributed by atoms with Gasteiger partial charge < -0.3 is 9.84 Å². The minimum Gasteiger partial charge on any atom is -0.480 e. The van der Waals surface area contributed by atoms with Crippen LogP contribution in [0, 0.1) is 13.8 Å². The van der Waals surface area contributed by atoms with Crippen molar-refractivity contribution < 1.29 is 14.6 Å². The molecule has 2 heterocycles. The highest BCUT2D eigenvalue weighted by molar-refractivity contribution is 5.76. The highest BCUT2D eigenvalue weighted by atomic mass is 16.5. The number of hydrogen-bond donors (Lipinski definition) is 1. The fourth-order valence-electron chi connectivity index (χ4n) is 4.01. The lowest BCUT2D eigenvalue weighted by atomic mass is 9.93. The average Bonchev–Trinajstić information content (AvgIpc) is 2.60. The molecule has 0 aromatic heterocycles. The summed E-state index contributed by atoms with van der Waals surface area (Å²) in [6, 6.07) is 6.01. The van der Waals surface area contributed by atoms with Gasteiger partial charge in [0.25, 0.3) is 0 Å². The van der Waals surface area contributed by atoms with Crippen LogP contribution in [0.3, 0.4) is 0 Å². The van der Waals surface area contributed by atoms with E-state index in [0.717, 1.165) is 68.9 Å². The first kappa shape index (κ1) is 17.4. The molecule has 2 saturated heterocycles. The number of benzene rings is 1. The average molecular weight is 332 g/mol. The Bertz CT molecular complexity index is 576. The SMILES string of the molecule is Cc1cccc(C(C(=O)O)N2CCC(N3CCOCC3)CC2)c1C. The molecule has 1 aromatic rings. The molecule has 5 nitrogen and oxygen atoms in total. The van der Waals surface area contributed by atoms with Crippen molar-refractivity contribution in [2.45, 2.75) is 38.8 Å². The summed E-state index contributed by atoms with van der Waals surface area (Å²) in [7, 11) is 0. The van der Waals surface area contributed by atoms with E-state index in [4.69, 9.17) is 4.74 Å². The molecule has 0 bridgehead atoms. The zero-order valence-electron chi connectivity index (χ0n) is 14.7. The second-order valence-electron chi connectivity index (χ2n) is 6.95. The third-order valence-corrected chi connectivity index (χ3v) is 5.60. The van der Waals surface area contributed by atoms with Gasteiger partial charge in [-0.05, 0) is 43.4 Å². The van der Waals surface area contributed by atoms with Crippen molar-refractivity contribution in [3.63, 3.8) is 0 Å². The van der Waals surface area contributed by atoms with Gasteiger partial charge in [0.15, 0.2) is 0 Å². The Kier molecular flexibility index (Phi) is 5.54. The minimum atomic E-state index is -0.742. The molecule has 0 aliphatic carbocycles. The van der Waals surface area contributed by atoms with Gasteiger partial charge in [0, 0.05) is 32.2 Å². The van der Waals surface area contributed by atoms with E-state index in [0.29, 0.717) is 6.04 Å². The van der Waals surface area contributed by atoms with E-state index in [-0.39, 0.29) is 0 Å². The number of morpholine rings is 1. The third kappa shape index (κ3) is 3.63. The third-order valence-electron chi connectivity index (χ3n) is 5.60. The van der Waals surface area contributed by atoms with Crippen LogP contribution in [0.2, 0.25) is 0 Å². The van der Waals surface area contributed by atoms with Gasteiger partial charge in [-0.2, -0.15) is 0 Å². The molecular formula is C19H28N2O3. The number of rotatable bonds is 4. The van der Waals surface area contributed by atoms with E-state index in [1.807, 2.05) is 32.0 Å². The molecule has 24 heavy (non-hydrogen) atoms. The first-order chi connectivity index (χ1) is 11.6. The lowest BCUT2D eigenvalue weighted by Crippen LogP contribution is -2.50. The first-order valence-electron chi connectivity index (χ1n) is 8.92. The van der Waals surface area contributed by atoms with Crippen molar-refractivity contribution in [2.24, 2.45) is 0 Å². The van der Waals surface area contributed by atoms with Crippen LogP contribution < -0.4 is 0 Å². The Morgan fingerprint density at radius 2 is 1.83 bits per heavy atom. The predicted molar refractivity (Wildman–Crippen MR) is 93.3 cm³/mol. The van der Waals surface area contributed by atoms with Gasteiger partial charge in [-0.15, -0.1) is 0 Å². The Hall–Kier alpha value is -1.43. The maximum absolute atomic E-state index is 12.0. The Labute approximate surface area is 144 Å². The van der Waals surface area contributed by atoms with E-state index in [1.54, 1.807) is 0 Å². The van der Waals surface area contributed by atoms with Crippen molar-refractivity contribution in [1.29, 1.82) is 0 Å². The smallest absolute Gasteiger partial charge is 0.325 e. The summed E-state index contributed by atoms with van der Waals surface area (Å²) in [5, 5.41) is 9.84. The number of likely N-dealkylation sites (tertiary alicyclic amines) is 1. The highest BCUT2D eigenvalue weighted by Gasteiger charge is 2.33. The number of carbonyl (C=O) groups is 1. The lowest BCUT2D eigenvalue weighted by molar-refractivity contribution is -0.144. The first-order valence-corrected chi connectivity index (χ1v) is 8.92. The number of carboxylic acid groups (broad SMARTS) is 1. The summed E-state index contributed by atoms with van der Waals surface area (Å²) in [6.07, 6.45) is 2.07. The molecule has 0 radical (unpaired) electrons. The largest absolute Gasteiger partial charge is 0.480 e. The normalized spacial score (nSPS) is 22.4. The molecule has 1 atom stereocenters. The monoisotopic (exact) mass is 332 g/mol. The topological polar surface area (TPSA) is 53.0 Å². The summed E-state index contributed by atoms with van der Waals surface area (Å²) in [6.45, 7) is 9.40. The number of nitrogens with zero attached hydrogens (tertiary/aromatic N) is 2. The standard InChI is InChI=1S/C19H28N2O3/c1-14-4-3-5-17(15(14)2)18(19(22)23)21-8-6-16(7-9-21)20-10-12-24-13-11-20/h3-5,16,18H,6-13H2,1-2H3,(H,22,23). The summed E-state index contributed by atoms with van der Waals surface area (Å²) in [5.41, 5.74) is 3.19. The van der Waals surface area contributed by atoms with Crippen LogP contribution in [0.15, 0.2) is 18.2 Å². The molecular weight excluding hydrogens is 304 g/mol. The van der Waals surface area contributed by atoms with Gasteiger partial charge in [0.2, 0.25) is 0 Å². The van der Waals surface area contributed by atoms with Crippen LogP contribution in [0.4, 0.5) is 0 Å². The zero-order valence-corrected chi connectivity index (χ0v) is 14.7. The van der Waals surface area contributed by atoms with Gasteiger partial charge in [-0.25, -0.2) is 0 Å². The van der Waals surface area contributed by atoms with Crippen molar-refractivity contribution in [1.82, 2.24) is 9.80 Å². The van der Waals surface area contributed by atoms with Crippen LogP contribution in [-0.4, -0.2) is 66.3 Å². The van der Waals surface area contributed by atoms with E-state index >= 15 is 0 Å². The fourth-order valence-corrected chi connectivity index (χ4v) is 4.01. The second kappa shape index (κ2) is 7.64. The van der Waals surface area contributed by atoms with Gasteiger partial charge in [0.1, 0.15) is 6.04 Å².